The second-order valence-electron chi connectivity index (χ2n) is 2.12. The van der Waals surface area contributed by atoms with Gasteiger partial charge in [0.1, 0.15) is 0 Å². The van der Waals surface area contributed by atoms with E-state index in [9.17, 15) is 5.02 Å². The Labute approximate surface area is 83.1 Å². The van der Waals surface area contributed by atoms with Crippen LogP contribution in [0.1, 0.15) is 12.8 Å². The minimum Gasteiger partial charge on any atom is -0.384 e. The van der Waals surface area contributed by atoms with E-state index in [2.05, 4.69) is 0 Å². The number of halogens is 2. The van der Waals surface area contributed by atoms with Crippen LogP contribution in [0.15, 0.2) is 0 Å². The highest BCUT2D eigenvalue weighted by molar-refractivity contribution is 6.34. The molecule has 0 saturated carbocycles. The standard InChI is InChI=1S/C6H12BCl2O3/c8-3-1-5-11-7(10)12-6-2-4-9/h1-6H2. The van der Waals surface area contributed by atoms with Crippen LogP contribution < -0.4 is 0 Å². The van der Waals surface area contributed by atoms with E-state index < -0.39 is 7.32 Å². The zero-order chi connectivity index (χ0) is 9.23. The molecule has 0 aromatic rings. The van der Waals surface area contributed by atoms with Gasteiger partial charge in [-0.1, -0.05) is 0 Å². The van der Waals surface area contributed by atoms with Crippen LogP contribution >= 0.6 is 23.2 Å². The van der Waals surface area contributed by atoms with Gasteiger partial charge in [-0.3, -0.25) is 0 Å². The molecule has 0 aliphatic carbocycles. The molecule has 0 bridgehead atoms. The zero-order valence-corrected chi connectivity index (χ0v) is 8.31. The van der Waals surface area contributed by atoms with Crippen molar-refractivity contribution in [3.05, 3.63) is 0 Å². The van der Waals surface area contributed by atoms with Crippen molar-refractivity contribution in [2.24, 2.45) is 0 Å². The van der Waals surface area contributed by atoms with Crippen LogP contribution in [-0.4, -0.2) is 32.3 Å². The van der Waals surface area contributed by atoms with Gasteiger partial charge in [-0.25, -0.2) is 5.02 Å². The molecule has 71 valence electrons. The lowest BCUT2D eigenvalue weighted by molar-refractivity contribution is 0.109. The van der Waals surface area contributed by atoms with E-state index in [4.69, 9.17) is 32.5 Å². The summed E-state index contributed by atoms with van der Waals surface area (Å²) in [6, 6.07) is 0. The third-order valence-electron chi connectivity index (χ3n) is 1.06. The van der Waals surface area contributed by atoms with E-state index in [0.29, 0.717) is 37.8 Å². The Balaban J connectivity index is 3.04. The van der Waals surface area contributed by atoms with Gasteiger partial charge in [0, 0.05) is 25.0 Å². The van der Waals surface area contributed by atoms with Gasteiger partial charge in [0.15, 0.2) is 0 Å². The normalized spacial score (nSPS) is 10.2. The molecule has 0 heterocycles. The molecule has 0 fully saturated rings. The number of hydrogen-bond donors (Lipinski definition) is 0. The lowest BCUT2D eigenvalue weighted by Gasteiger charge is -2.05. The summed E-state index contributed by atoms with van der Waals surface area (Å²) in [5, 5.41) is 10.7. The van der Waals surface area contributed by atoms with Crippen molar-refractivity contribution >= 4 is 30.5 Å². The molecule has 0 spiro atoms. The largest absolute Gasteiger partial charge is 0.666 e. The molecule has 0 aliphatic heterocycles. The van der Waals surface area contributed by atoms with Gasteiger partial charge in [-0.2, -0.15) is 0 Å². The average molecular weight is 214 g/mol. The molecule has 3 nitrogen and oxygen atoms in total. The van der Waals surface area contributed by atoms with E-state index in [-0.39, 0.29) is 0 Å². The van der Waals surface area contributed by atoms with Crippen molar-refractivity contribution in [3.8, 4) is 0 Å². The van der Waals surface area contributed by atoms with Crippen LogP contribution in [0.25, 0.3) is 0 Å². The molecule has 0 aliphatic rings. The molecule has 0 aromatic carbocycles. The predicted octanol–water partition coefficient (Wildman–Crippen LogP) is 1.69. The SMILES string of the molecule is [O]B(OCCCCl)OCCCCl. The first kappa shape index (κ1) is 12.5. The molecule has 0 saturated heterocycles. The fourth-order valence-corrected chi connectivity index (χ4v) is 0.735. The maximum atomic E-state index is 10.7. The predicted molar refractivity (Wildman–Crippen MR) is 49.0 cm³/mol. The molecule has 6 heteroatoms. The van der Waals surface area contributed by atoms with Gasteiger partial charge >= 0.3 is 7.32 Å². The van der Waals surface area contributed by atoms with Crippen molar-refractivity contribution < 1.29 is 14.3 Å². The summed E-state index contributed by atoms with van der Waals surface area (Å²) in [5.41, 5.74) is 0. The molecule has 0 N–H and O–H groups in total. The van der Waals surface area contributed by atoms with E-state index in [1.807, 2.05) is 0 Å². The number of alkyl halides is 2. The second kappa shape index (κ2) is 9.61. The monoisotopic (exact) mass is 213 g/mol. The summed E-state index contributed by atoms with van der Waals surface area (Å²) in [7, 11) is -1.39. The number of hydrogen-bond acceptors (Lipinski definition) is 2. The lowest BCUT2D eigenvalue weighted by Crippen LogP contribution is -2.22. The third-order valence-corrected chi connectivity index (χ3v) is 1.60. The average Bonchev–Trinajstić information content (AvgIpc) is 2.06. The molecule has 0 atom stereocenters. The van der Waals surface area contributed by atoms with Gasteiger partial charge in [0.25, 0.3) is 0 Å². The van der Waals surface area contributed by atoms with Crippen molar-refractivity contribution in [3.63, 3.8) is 0 Å². The fraction of sp³-hybridized carbons (Fsp3) is 1.00. The smallest absolute Gasteiger partial charge is 0.384 e. The summed E-state index contributed by atoms with van der Waals surface area (Å²) in [6.45, 7) is 0.692. The third kappa shape index (κ3) is 8.62. The van der Waals surface area contributed by atoms with Gasteiger partial charge in [0.05, 0.1) is 0 Å². The molecule has 0 rings (SSSR count). The summed E-state index contributed by atoms with van der Waals surface area (Å²) in [6.07, 6.45) is 1.33. The van der Waals surface area contributed by atoms with E-state index >= 15 is 0 Å². The first-order valence-corrected chi connectivity index (χ1v) is 4.89. The molecule has 0 aromatic heterocycles. The molecule has 0 amide bonds. The van der Waals surface area contributed by atoms with Gasteiger partial charge in [0.2, 0.25) is 0 Å². The summed E-state index contributed by atoms with van der Waals surface area (Å²) in [5.74, 6) is 0.989. The quantitative estimate of drug-likeness (QED) is 0.350. The Morgan fingerprint density at radius 2 is 1.42 bits per heavy atom. The summed E-state index contributed by atoms with van der Waals surface area (Å²) in [4.78, 5) is 0. The Morgan fingerprint density at radius 1 is 1.00 bits per heavy atom. The lowest BCUT2D eigenvalue weighted by atomic mass is 10.2. The Hall–Kier alpha value is 0.525. The van der Waals surface area contributed by atoms with Crippen molar-refractivity contribution in [1.29, 1.82) is 0 Å². The molecule has 0 unspecified atom stereocenters. The zero-order valence-electron chi connectivity index (χ0n) is 6.80. The summed E-state index contributed by atoms with van der Waals surface area (Å²) < 4.78 is 9.45. The highest BCUT2D eigenvalue weighted by Crippen LogP contribution is 1.93. The topological polar surface area (TPSA) is 38.4 Å². The van der Waals surface area contributed by atoms with Gasteiger partial charge < -0.3 is 9.31 Å². The highest BCUT2D eigenvalue weighted by atomic mass is 35.5. The molecule has 1 radical (unpaired) electrons. The highest BCUT2D eigenvalue weighted by Gasteiger charge is 2.16. The van der Waals surface area contributed by atoms with Crippen LogP contribution in [0.3, 0.4) is 0 Å². The maximum absolute atomic E-state index is 10.7. The van der Waals surface area contributed by atoms with E-state index in [0.717, 1.165) is 0 Å². The first-order valence-electron chi connectivity index (χ1n) is 3.82. The van der Waals surface area contributed by atoms with E-state index in [1.54, 1.807) is 0 Å². The van der Waals surface area contributed by atoms with Crippen LogP contribution in [0.5, 0.6) is 0 Å². The minimum absolute atomic E-state index is 0.346. The number of rotatable bonds is 8. The molecular formula is C6H12BCl2O3. The fourth-order valence-electron chi connectivity index (χ4n) is 0.516. The van der Waals surface area contributed by atoms with Gasteiger partial charge in [-0.15, -0.1) is 23.2 Å². The van der Waals surface area contributed by atoms with Crippen molar-refractivity contribution in [1.82, 2.24) is 0 Å². The van der Waals surface area contributed by atoms with Gasteiger partial charge in [-0.05, 0) is 12.8 Å². The second-order valence-corrected chi connectivity index (χ2v) is 2.87. The van der Waals surface area contributed by atoms with Crippen molar-refractivity contribution in [2.75, 3.05) is 25.0 Å². The Bertz CT molecular complexity index is 86.9. The van der Waals surface area contributed by atoms with Crippen molar-refractivity contribution in [2.45, 2.75) is 12.8 Å². The molecular weight excluding hydrogens is 202 g/mol. The van der Waals surface area contributed by atoms with Crippen LogP contribution in [0.2, 0.25) is 0 Å². The van der Waals surface area contributed by atoms with E-state index in [1.165, 1.54) is 0 Å². The Morgan fingerprint density at radius 3 is 1.75 bits per heavy atom. The minimum atomic E-state index is -1.39. The maximum Gasteiger partial charge on any atom is 0.666 e. The van der Waals surface area contributed by atoms with Crippen LogP contribution in [0, 0.1) is 0 Å². The summed E-state index contributed by atoms with van der Waals surface area (Å²) >= 11 is 10.7. The van der Waals surface area contributed by atoms with Crippen LogP contribution in [0.4, 0.5) is 0 Å². The van der Waals surface area contributed by atoms with Crippen LogP contribution in [-0.2, 0) is 14.3 Å². The first-order chi connectivity index (χ1) is 5.81. The molecule has 12 heavy (non-hydrogen) atoms. The Kier molecular flexibility index (Phi) is 10.0.